The van der Waals surface area contributed by atoms with Gasteiger partial charge in [-0.15, -0.1) is 0 Å². The first kappa shape index (κ1) is 14.9. The second-order valence-electron chi connectivity index (χ2n) is 4.86. The fraction of sp³-hybridized carbons (Fsp3) is 1.00. The first-order chi connectivity index (χ1) is 7.93. The smallest absolute Gasteiger partial charge is 0.218 e. The summed E-state index contributed by atoms with van der Waals surface area (Å²) in [4.78, 5) is 2.23. The quantitative estimate of drug-likeness (QED) is 0.763. The van der Waals surface area contributed by atoms with Crippen molar-refractivity contribution >= 4 is 10.0 Å². The molecule has 17 heavy (non-hydrogen) atoms. The fourth-order valence-corrected chi connectivity index (χ4v) is 4.06. The molecule has 1 saturated heterocycles. The van der Waals surface area contributed by atoms with Crippen LogP contribution in [0.3, 0.4) is 0 Å². The van der Waals surface area contributed by atoms with Gasteiger partial charge >= 0.3 is 0 Å². The second-order valence-corrected chi connectivity index (χ2v) is 7.13. The number of sulfonamides is 1. The van der Waals surface area contributed by atoms with E-state index >= 15 is 0 Å². The largest absolute Gasteiger partial charge is 0.329 e. The van der Waals surface area contributed by atoms with Crippen molar-refractivity contribution in [3.05, 3.63) is 0 Å². The average molecular weight is 263 g/mol. The number of nitrogens with two attached hydrogens (primary N) is 1. The minimum Gasteiger partial charge on any atom is -0.329 e. The number of likely N-dealkylation sites (tertiary alicyclic amines) is 1. The van der Waals surface area contributed by atoms with Crippen LogP contribution in [0.2, 0.25) is 0 Å². The molecular weight excluding hydrogens is 238 g/mol. The summed E-state index contributed by atoms with van der Waals surface area (Å²) in [6.07, 6.45) is 2.40. The van der Waals surface area contributed by atoms with Gasteiger partial charge in [0.2, 0.25) is 10.0 Å². The summed E-state index contributed by atoms with van der Waals surface area (Å²) < 4.78 is 26.2. The Labute approximate surface area is 105 Å². The fourth-order valence-electron chi connectivity index (χ4n) is 2.30. The predicted octanol–water partition coefficient (Wildman–Crippen LogP) is 0.0795. The lowest BCUT2D eigenvalue weighted by atomic mass is 10.1. The maximum absolute atomic E-state index is 12.3. The van der Waals surface area contributed by atoms with Crippen molar-refractivity contribution in [2.24, 2.45) is 5.73 Å². The highest BCUT2D eigenvalue weighted by Crippen LogP contribution is 2.20. The minimum atomic E-state index is -3.23. The molecular formula is C11H25N3O2S. The standard InChI is InChI=1S/C11H25N3O2S/c1-4-11(9-12)17(15,16)14(3)10-5-7-13(2)8-6-10/h10-11H,4-9,12H2,1-3H3. The molecule has 0 saturated carbocycles. The third-order valence-corrected chi connectivity index (χ3v) is 6.21. The molecule has 0 aromatic heterocycles. The molecule has 0 aromatic rings. The number of rotatable bonds is 5. The number of piperidine rings is 1. The summed E-state index contributed by atoms with van der Waals surface area (Å²) in [6.45, 7) is 4.00. The summed E-state index contributed by atoms with van der Waals surface area (Å²) >= 11 is 0. The maximum atomic E-state index is 12.3. The van der Waals surface area contributed by atoms with Gasteiger partial charge in [0.15, 0.2) is 0 Å². The van der Waals surface area contributed by atoms with Gasteiger partial charge in [-0.25, -0.2) is 12.7 Å². The van der Waals surface area contributed by atoms with E-state index < -0.39 is 15.3 Å². The molecule has 1 unspecified atom stereocenters. The molecule has 2 N–H and O–H groups in total. The van der Waals surface area contributed by atoms with Crippen LogP contribution in [0.5, 0.6) is 0 Å². The van der Waals surface area contributed by atoms with Crippen LogP contribution in [0.15, 0.2) is 0 Å². The van der Waals surface area contributed by atoms with Crippen molar-refractivity contribution in [3.8, 4) is 0 Å². The van der Waals surface area contributed by atoms with Gasteiger partial charge in [0, 0.05) is 19.6 Å². The highest BCUT2D eigenvalue weighted by Gasteiger charge is 2.33. The van der Waals surface area contributed by atoms with E-state index in [0.29, 0.717) is 6.42 Å². The molecule has 0 bridgehead atoms. The Morgan fingerprint density at radius 3 is 2.35 bits per heavy atom. The minimum absolute atomic E-state index is 0.136. The molecule has 0 aromatic carbocycles. The molecule has 0 amide bonds. The molecule has 1 aliphatic rings. The van der Waals surface area contributed by atoms with Crippen LogP contribution >= 0.6 is 0 Å². The number of hydrogen-bond donors (Lipinski definition) is 1. The molecule has 6 heteroatoms. The zero-order chi connectivity index (χ0) is 13.1. The average Bonchev–Trinajstić information content (AvgIpc) is 2.30. The van der Waals surface area contributed by atoms with Crippen LogP contribution in [-0.2, 0) is 10.0 Å². The molecule has 0 radical (unpaired) electrons. The van der Waals surface area contributed by atoms with E-state index in [1.165, 1.54) is 0 Å². The van der Waals surface area contributed by atoms with E-state index in [-0.39, 0.29) is 12.6 Å². The molecule has 102 valence electrons. The molecule has 1 heterocycles. The first-order valence-electron chi connectivity index (χ1n) is 6.29. The summed E-state index contributed by atoms with van der Waals surface area (Å²) in [6, 6.07) is 0.136. The lowest BCUT2D eigenvalue weighted by Crippen LogP contribution is -2.48. The molecule has 0 aliphatic carbocycles. The van der Waals surface area contributed by atoms with Gasteiger partial charge in [-0.05, 0) is 39.4 Å². The topological polar surface area (TPSA) is 66.6 Å². The SMILES string of the molecule is CCC(CN)S(=O)(=O)N(C)C1CCN(C)CC1. The maximum Gasteiger partial charge on any atom is 0.218 e. The molecule has 1 fully saturated rings. The molecule has 0 spiro atoms. The van der Waals surface area contributed by atoms with Crippen LogP contribution < -0.4 is 5.73 Å². The molecule has 1 aliphatic heterocycles. The van der Waals surface area contributed by atoms with Crippen molar-refractivity contribution in [1.29, 1.82) is 0 Å². The van der Waals surface area contributed by atoms with Crippen LogP contribution in [0.25, 0.3) is 0 Å². The lowest BCUT2D eigenvalue weighted by molar-refractivity contribution is 0.196. The van der Waals surface area contributed by atoms with E-state index in [0.717, 1.165) is 25.9 Å². The van der Waals surface area contributed by atoms with Crippen molar-refractivity contribution < 1.29 is 8.42 Å². The van der Waals surface area contributed by atoms with Gasteiger partial charge in [-0.1, -0.05) is 6.92 Å². The van der Waals surface area contributed by atoms with E-state index in [4.69, 9.17) is 5.73 Å². The zero-order valence-corrected chi connectivity index (χ0v) is 11.9. The van der Waals surface area contributed by atoms with Gasteiger partial charge in [-0.2, -0.15) is 0 Å². The van der Waals surface area contributed by atoms with Gasteiger partial charge < -0.3 is 10.6 Å². The van der Waals surface area contributed by atoms with Crippen LogP contribution in [0.1, 0.15) is 26.2 Å². The van der Waals surface area contributed by atoms with Crippen molar-refractivity contribution in [2.75, 3.05) is 33.7 Å². The Bertz CT molecular complexity index is 320. The summed E-state index contributed by atoms with van der Waals surface area (Å²) in [5.74, 6) is 0. The zero-order valence-electron chi connectivity index (χ0n) is 11.1. The first-order valence-corrected chi connectivity index (χ1v) is 7.79. The third kappa shape index (κ3) is 3.40. The van der Waals surface area contributed by atoms with Crippen LogP contribution in [0, 0.1) is 0 Å². The Morgan fingerprint density at radius 1 is 1.41 bits per heavy atom. The van der Waals surface area contributed by atoms with Crippen LogP contribution in [-0.4, -0.2) is 62.6 Å². The highest BCUT2D eigenvalue weighted by molar-refractivity contribution is 7.89. The van der Waals surface area contributed by atoms with Crippen LogP contribution in [0.4, 0.5) is 0 Å². The summed E-state index contributed by atoms with van der Waals surface area (Å²) in [7, 11) is 0.538. The predicted molar refractivity (Wildman–Crippen MR) is 70.3 cm³/mol. The highest BCUT2D eigenvalue weighted by atomic mass is 32.2. The second kappa shape index (κ2) is 6.13. The number of nitrogens with zero attached hydrogens (tertiary/aromatic N) is 2. The van der Waals surface area contributed by atoms with Crippen molar-refractivity contribution in [2.45, 2.75) is 37.5 Å². The van der Waals surface area contributed by atoms with Gasteiger partial charge in [0.1, 0.15) is 0 Å². The third-order valence-electron chi connectivity index (χ3n) is 3.74. The van der Waals surface area contributed by atoms with Crippen molar-refractivity contribution in [1.82, 2.24) is 9.21 Å². The Morgan fingerprint density at radius 2 is 1.94 bits per heavy atom. The van der Waals surface area contributed by atoms with E-state index in [1.807, 2.05) is 6.92 Å². The van der Waals surface area contributed by atoms with E-state index in [2.05, 4.69) is 11.9 Å². The van der Waals surface area contributed by atoms with E-state index in [1.54, 1.807) is 11.4 Å². The van der Waals surface area contributed by atoms with Gasteiger partial charge in [0.25, 0.3) is 0 Å². The lowest BCUT2D eigenvalue weighted by Gasteiger charge is -2.35. The Kier molecular flexibility index (Phi) is 5.37. The number of hydrogen-bond acceptors (Lipinski definition) is 4. The Hall–Kier alpha value is -0.170. The normalized spacial score (nSPS) is 21.9. The molecule has 1 rings (SSSR count). The summed E-state index contributed by atoms with van der Waals surface area (Å²) in [5, 5.41) is -0.438. The summed E-state index contributed by atoms with van der Waals surface area (Å²) in [5.41, 5.74) is 5.54. The monoisotopic (exact) mass is 263 g/mol. The van der Waals surface area contributed by atoms with Gasteiger partial charge in [0.05, 0.1) is 5.25 Å². The Balaban J connectivity index is 2.71. The van der Waals surface area contributed by atoms with E-state index in [9.17, 15) is 8.42 Å². The molecule has 5 nitrogen and oxygen atoms in total. The van der Waals surface area contributed by atoms with Crippen molar-refractivity contribution in [3.63, 3.8) is 0 Å². The van der Waals surface area contributed by atoms with Gasteiger partial charge in [-0.3, -0.25) is 0 Å². The molecule has 1 atom stereocenters.